The number of hydrogen-bond acceptors (Lipinski definition) is 4. The number of hydrogen-bond donors (Lipinski definition) is 1. The molecule has 2 N–H and O–H groups in total. The Morgan fingerprint density at radius 3 is 2.38 bits per heavy atom. The molecule has 0 spiro atoms. The molecule has 40 heavy (non-hydrogen) atoms. The molecule has 2 fully saturated rings. The van der Waals surface area contributed by atoms with Gasteiger partial charge in [-0.2, -0.15) is 5.10 Å². The molecule has 2 unspecified atom stereocenters. The summed E-state index contributed by atoms with van der Waals surface area (Å²) in [5.41, 5.74) is 9.65. The molecular formula is C32H33ClN4O3. The van der Waals surface area contributed by atoms with Gasteiger partial charge in [0.2, 0.25) is 12.3 Å². The lowest BCUT2D eigenvalue weighted by Gasteiger charge is -2.36. The number of piperidine rings is 1. The van der Waals surface area contributed by atoms with E-state index < -0.39 is 5.91 Å². The highest BCUT2D eigenvalue weighted by atomic mass is 35.5. The minimum Gasteiger partial charge on any atom is -0.490 e. The summed E-state index contributed by atoms with van der Waals surface area (Å²) in [4.78, 5) is 25.5. The van der Waals surface area contributed by atoms with E-state index in [2.05, 4.69) is 13.8 Å². The predicted octanol–water partition coefficient (Wildman–Crippen LogP) is 6.23. The zero-order valence-corrected chi connectivity index (χ0v) is 23.4. The molecule has 2 bridgehead atoms. The van der Waals surface area contributed by atoms with Gasteiger partial charge in [-0.15, -0.1) is 0 Å². The van der Waals surface area contributed by atoms with Crippen LogP contribution >= 0.6 is 11.6 Å². The molecule has 0 aliphatic carbocycles. The summed E-state index contributed by atoms with van der Waals surface area (Å²) in [6.45, 7) is 4.30. The highest BCUT2D eigenvalue weighted by molar-refractivity contribution is 6.31. The van der Waals surface area contributed by atoms with Gasteiger partial charge in [-0.3, -0.25) is 14.3 Å². The van der Waals surface area contributed by atoms with Gasteiger partial charge in [0.1, 0.15) is 17.5 Å². The van der Waals surface area contributed by atoms with Gasteiger partial charge in [0.05, 0.1) is 11.6 Å². The van der Waals surface area contributed by atoms with Gasteiger partial charge in [0.25, 0.3) is 0 Å². The van der Waals surface area contributed by atoms with Crippen LogP contribution in [0.15, 0.2) is 66.7 Å². The summed E-state index contributed by atoms with van der Waals surface area (Å²) in [7, 11) is 0. The first-order valence-electron chi connectivity index (χ1n) is 13.9. The summed E-state index contributed by atoms with van der Waals surface area (Å²) in [6.07, 6.45) is 4.92. The number of nitrogens with zero attached hydrogens (tertiary/aromatic N) is 3. The highest BCUT2D eigenvalue weighted by Gasteiger charge is 2.40. The van der Waals surface area contributed by atoms with Crippen molar-refractivity contribution in [1.82, 2.24) is 14.7 Å². The summed E-state index contributed by atoms with van der Waals surface area (Å²) in [6, 6.07) is 21.7. The second kappa shape index (κ2) is 10.6. The summed E-state index contributed by atoms with van der Waals surface area (Å²) >= 11 is 6.65. The van der Waals surface area contributed by atoms with Crippen LogP contribution in [0.25, 0.3) is 22.2 Å². The van der Waals surface area contributed by atoms with Crippen LogP contribution in [0.2, 0.25) is 5.02 Å². The minimum atomic E-state index is -0.481. The van der Waals surface area contributed by atoms with E-state index >= 15 is 0 Å². The molecule has 6 rings (SSSR count). The number of halogens is 1. The maximum Gasteiger partial charge on any atom is 0.248 e. The van der Waals surface area contributed by atoms with Crippen LogP contribution in [0, 0.1) is 5.92 Å². The topological polar surface area (TPSA) is 90.4 Å². The molecule has 3 aromatic carbocycles. The van der Waals surface area contributed by atoms with E-state index in [0.29, 0.717) is 10.6 Å². The number of aromatic nitrogens is 2. The normalized spacial score (nSPS) is 21.1. The number of amides is 2. The number of carbonyl (C=O) groups is 2. The largest absolute Gasteiger partial charge is 0.490 e. The fourth-order valence-electron chi connectivity index (χ4n) is 6.52. The zero-order valence-electron chi connectivity index (χ0n) is 22.7. The average Bonchev–Trinajstić information content (AvgIpc) is 3.43. The molecule has 8 heteroatoms. The lowest BCUT2D eigenvalue weighted by molar-refractivity contribution is -0.123. The Kier molecular flexibility index (Phi) is 7.00. The molecule has 7 nitrogen and oxygen atoms in total. The van der Waals surface area contributed by atoms with Crippen LogP contribution in [0.1, 0.15) is 61.5 Å². The molecule has 0 saturated carbocycles. The van der Waals surface area contributed by atoms with Crippen LogP contribution < -0.4 is 10.5 Å². The van der Waals surface area contributed by atoms with Gasteiger partial charge in [0.15, 0.2) is 0 Å². The SMILES string of the molecule is CC(C)[C@@H](c1ccccc1Cl)n1nc(-c2ccc(OC3CC4CCC(C3)N4C=O)cc2)c2cc(C(N)=O)ccc21. The quantitative estimate of drug-likeness (QED) is 0.260. The highest BCUT2D eigenvalue weighted by Crippen LogP contribution is 2.39. The molecule has 1 aromatic heterocycles. The fourth-order valence-corrected chi connectivity index (χ4v) is 6.77. The molecule has 206 valence electrons. The average molecular weight is 557 g/mol. The van der Waals surface area contributed by atoms with E-state index in [-0.39, 0.29) is 30.1 Å². The van der Waals surface area contributed by atoms with Crippen molar-refractivity contribution in [1.29, 1.82) is 0 Å². The number of nitrogens with two attached hydrogens (primary N) is 1. The number of primary amides is 1. The van der Waals surface area contributed by atoms with Crippen molar-refractivity contribution in [2.45, 2.75) is 63.8 Å². The molecule has 0 radical (unpaired) electrons. The van der Waals surface area contributed by atoms with Gasteiger partial charge in [-0.1, -0.05) is 43.6 Å². The lowest BCUT2D eigenvalue weighted by Crippen LogP contribution is -2.45. The van der Waals surface area contributed by atoms with E-state index in [9.17, 15) is 9.59 Å². The fraction of sp³-hybridized carbons (Fsp3) is 0.344. The van der Waals surface area contributed by atoms with Gasteiger partial charge in [-0.25, -0.2) is 0 Å². The van der Waals surface area contributed by atoms with Crippen LogP contribution in [0.4, 0.5) is 0 Å². The van der Waals surface area contributed by atoms with Crippen LogP contribution in [0.3, 0.4) is 0 Å². The molecule has 2 saturated heterocycles. The maximum absolute atomic E-state index is 12.1. The third-order valence-corrected chi connectivity index (χ3v) is 8.75. The van der Waals surface area contributed by atoms with Crippen LogP contribution in [-0.2, 0) is 4.79 Å². The van der Waals surface area contributed by atoms with Crippen LogP contribution in [-0.4, -0.2) is 45.2 Å². The Morgan fingerprint density at radius 1 is 1.05 bits per heavy atom. The van der Waals surface area contributed by atoms with E-state index in [4.69, 9.17) is 27.2 Å². The number of carbonyl (C=O) groups excluding carboxylic acids is 2. The monoisotopic (exact) mass is 556 g/mol. The van der Waals surface area contributed by atoms with Crippen molar-refractivity contribution in [2.75, 3.05) is 0 Å². The zero-order chi connectivity index (χ0) is 28.0. The molecule has 2 amide bonds. The van der Waals surface area contributed by atoms with Crippen molar-refractivity contribution in [3.8, 4) is 17.0 Å². The first-order chi connectivity index (χ1) is 19.3. The molecule has 3 atom stereocenters. The Balaban J connectivity index is 1.36. The number of ether oxygens (including phenoxy) is 1. The molecule has 2 aliphatic heterocycles. The van der Waals surface area contributed by atoms with Gasteiger partial charge in [0, 0.05) is 46.5 Å². The second-order valence-electron chi connectivity index (χ2n) is 11.3. The van der Waals surface area contributed by atoms with Crippen molar-refractivity contribution in [3.05, 3.63) is 82.9 Å². The first-order valence-corrected chi connectivity index (χ1v) is 14.3. The van der Waals surface area contributed by atoms with Gasteiger partial charge >= 0.3 is 0 Å². The standard InChI is InChI=1S/C32H33ClN4O3/c1-19(2)31(26-5-3-4-6-28(26)33)37-29-14-9-21(32(34)39)15-27(29)30(35-37)20-7-12-24(13-8-20)40-25-16-22-10-11-23(17-25)36(22)18-38/h3-9,12-15,18-19,22-23,25,31H,10-11,16-17H2,1-2H3,(H2,34,39)/t22?,23?,25?,31-/m0/s1. The van der Waals surface area contributed by atoms with Crippen molar-refractivity contribution >= 4 is 34.8 Å². The minimum absolute atomic E-state index is 0.0973. The molecular weight excluding hydrogens is 524 g/mol. The number of rotatable bonds is 8. The van der Waals surface area contributed by atoms with Crippen LogP contribution in [0.5, 0.6) is 5.75 Å². The van der Waals surface area contributed by atoms with Crippen molar-refractivity contribution < 1.29 is 14.3 Å². The predicted molar refractivity (Wildman–Crippen MR) is 156 cm³/mol. The van der Waals surface area contributed by atoms with Crippen molar-refractivity contribution in [2.24, 2.45) is 11.7 Å². The molecule has 3 heterocycles. The van der Waals surface area contributed by atoms with Gasteiger partial charge in [-0.05, 0) is 72.9 Å². The smallest absolute Gasteiger partial charge is 0.248 e. The maximum atomic E-state index is 12.1. The lowest BCUT2D eigenvalue weighted by atomic mass is 9.95. The third-order valence-electron chi connectivity index (χ3n) is 8.41. The number of fused-ring (bicyclic) bond motifs is 3. The third kappa shape index (κ3) is 4.73. The number of benzene rings is 3. The summed E-state index contributed by atoms with van der Waals surface area (Å²) in [5.74, 6) is 0.513. The second-order valence-corrected chi connectivity index (χ2v) is 11.7. The molecule has 4 aromatic rings. The summed E-state index contributed by atoms with van der Waals surface area (Å²) in [5, 5.41) is 6.65. The Hall–Kier alpha value is -3.84. The van der Waals surface area contributed by atoms with E-state index in [1.165, 1.54) is 0 Å². The Morgan fingerprint density at radius 2 is 1.75 bits per heavy atom. The Labute approximate surface area is 238 Å². The van der Waals surface area contributed by atoms with E-state index in [1.807, 2.05) is 70.2 Å². The van der Waals surface area contributed by atoms with E-state index in [1.54, 1.807) is 6.07 Å². The van der Waals surface area contributed by atoms with Gasteiger partial charge < -0.3 is 15.4 Å². The first kappa shape index (κ1) is 26.4. The van der Waals surface area contributed by atoms with E-state index in [0.717, 1.165) is 65.6 Å². The summed E-state index contributed by atoms with van der Waals surface area (Å²) < 4.78 is 8.38. The van der Waals surface area contributed by atoms with Crippen molar-refractivity contribution in [3.63, 3.8) is 0 Å². The molecule has 2 aliphatic rings. The Bertz CT molecular complexity index is 1550.